The van der Waals surface area contributed by atoms with Crippen LogP contribution in [0.5, 0.6) is 0 Å². The molecule has 0 bridgehead atoms. The average molecular weight is 645 g/mol. The highest BCUT2D eigenvalue weighted by Crippen LogP contribution is 2.38. The van der Waals surface area contributed by atoms with Crippen molar-refractivity contribution in [2.45, 2.75) is 6.54 Å². The zero-order valence-corrected chi connectivity index (χ0v) is 18.8. The van der Waals surface area contributed by atoms with Crippen LogP contribution < -0.4 is 21.5 Å². The molecular weight excluding hydrogens is 638 g/mol. The summed E-state index contributed by atoms with van der Waals surface area (Å²) in [6.07, 6.45) is 0. The summed E-state index contributed by atoms with van der Waals surface area (Å²) in [5.41, 5.74) is 1.24. The van der Waals surface area contributed by atoms with Crippen LogP contribution in [0.25, 0.3) is 0 Å². The van der Waals surface area contributed by atoms with Crippen molar-refractivity contribution >= 4 is 79.6 Å². The number of benzene rings is 1. The average Bonchev–Trinajstić information content (AvgIpc) is 2.40. The lowest BCUT2D eigenvalue weighted by Gasteiger charge is -2.07. The molecule has 1 heterocycles. The summed E-state index contributed by atoms with van der Waals surface area (Å²) in [6.45, 7) is 0.784. The van der Waals surface area contributed by atoms with Gasteiger partial charge in [0.25, 0.3) is 9.21 Å². The highest BCUT2D eigenvalue weighted by molar-refractivity contribution is 9.15. The van der Waals surface area contributed by atoms with Crippen molar-refractivity contribution in [2.24, 2.45) is 0 Å². The number of rotatable bonds is 2. The third-order valence-electron chi connectivity index (χ3n) is 2.41. The molecule has 0 aliphatic heterocycles. The lowest BCUT2D eigenvalue weighted by Crippen LogP contribution is -3.00. The molecule has 1 aromatic heterocycles. The molecule has 0 atom stereocenters. The van der Waals surface area contributed by atoms with Gasteiger partial charge in [-0.15, -0.1) is 0 Å². The quantitative estimate of drug-likeness (QED) is 0.350. The van der Waals surface area contributed by atoms with Gasteiger partial charge in [0.2, 0.25) is 0 Å². The Labute approximate surface area is 164 Å². The van der Waals surface area contributed by atoms with Crippen LogP contribution >= 0.6 is 79.6 Å². The fourth-order valence-electron chi connectivity index (χ4n) is 1.51. The number of aromatic nitrogens is 1. The van der Waals surface area contributed by atoms with E-state index in [4.69, 9.17) is 0 Å². The standard InChI is InChI=1S/C12H7Br5N.BrH/c13-8-9(14)11(16)18(12(17)10(8)15)6-7-4-2-1-3-5-7;/h1-5H,6H2;1H/q+1;/p-1. The topological polar surface area (TPSA) is 3.88 Å². The van der Waals surface area contributed by atoms with Gasteiger partial charge in [0, 0.05) is 37.4 Å². The summed E-state index contributed by atoms with van der Waals surface area (Å²) < 4.78 is 7.03. The Morgan fingerprint density at radius 3 is 1.68 bits per heavy atom. The number of nitrogens with zero attached hydrogens (tertiary/aromatic N) is 1. The van der Waals surface area contributed by atoms with E-state index in [0.29, 0.717) is 0 Å². The van der Waals surface area contributed by atoms with Crippen molar-refractivity contribution in [2.75, 3.05) is 0 Å². The van der Waals surface area contributed by atoms with Crippen LogP contribution in [0.1, 0.15) is 5.56 Å². The summed E-state index contributed by atoms with van der Waals surface area (Å²) in [5.74, 6) is 0. The molecule has 7 heteroatoms. The van der Waals surface area contributed by atoms with E-state index in [-0.39, 0.29) is 17.0 Å². The van der Waals surface area contributed by atoms with Crippen molar-refractivity contribution in [3.63, 3.8) is 0 Å². The fourth-order valence-corrected chi connectivity index (χ4v) is 4.74. The van der Waals surface area contributed by atoms with E-state index in [1.807, 2.05) is 18.2 Å². The largest absolute Gasteiger partial charge is 1.00 e. The summed E-state index contributed by atoms with van der Waals surface area (Å²) in [5, 5.41) is 0. The third-order valence-corrected chi connectivity index (χ3v) is 8.52. The third kappa shape index (κ3) is 4.13. The van der Waals surface area contributed by atoms with Gasteiger partial charge in [0.05, 0.1) is 4.47 Å². The molecule has 0 aliphatic carbocycles. The number of hydrogen-bond donors (Lipinski definition) is 0. The summed E-state index contributed by atoms with van der Waals surface area (Å²) in [4.78, 5) is 0. The Hall–Kier alpha value is 1.25. The minimum atomic E-state index is 0. The molecule has 2 aromatic rings. The maximum atomic E-state index is 3.61. The van der Waals surface area contributed by atoms with E-state index in [9.17, 15) is 0 Å². The molecular formula is C12H7Br6N. The predicted octanol–water partition coefficient (Wildman–Crippen LogP) is 2.84. The molecule has 0 aliphatic rings. The molecule has 2 rings (SSSR count). The van der Waals surface area contributed by atoms with Crippen LogP contribution in [0.3, 0.4) is 0 Å². The number of pyridine rings is 1. The van der Waals surface area contributed by atoms with Crippen LogP contribution in [0.4, 0.5) is 0 Å². The Morgan fingerprint density at radius 1 is 0.737 bits per heavy atom. The maximum absolute atomic E-state index is 3.61. The molecule has 19 heavy (non-hydrogen) atoms. The van der Waals surface area contributed by atoms with Gasteiger partial charge < -0.3 is 17.0 Å². The first-order valence-corrected chi connectivity index (χ1v) is 8.94. The Bertz CT molecular complexity index is 556. The highest BCUT2D eigenvalue weighted by atomic mass is 79.9. The molecule has 0 saturated heterocycles. The Balaban J connectivity index is 0.00000180. The van der Waals surface area contributed by atoms with Gasteiger partial charge in [0.1, 0.15) is 8.95 Å². The zero-order valence-electron chi connectivity index (χ0n) is 9.31. The van der Waals surface area contributed by atoms with Crippen LogP contribution in [-0.2, 0) is 6.54 Å². The summed E-state index contributed by atoms with van der Waals surface area (Å²) in [6, 6.07) is 10.3. The maximum Gasteiger partial charge on any atom is 0.264 e. The zero-order chi connectivity index (χ0) is 13.3. The Kier molecular flexibility index (Phi) is 7.74. The van der Waals surface area contributed by atoms with E-state index < -0.39 is 0 Å². The van der Waals surface area contributed by atoms with Gasteiger partial charge >= 0.3 is 0 Å². The van der Waals surface area contributed by atoms with E-state index in [1.54, 1.807) is 0 Å². The smallest absolute Gasteiger partial charge is 0.264 e. The number of halogens is 6. The lowest BCUT2D eigenvalue weighted by molar-refractivity contribution is -0.711. The molecule has 0 unspecified atom stereocenters. The Morgan fingerprint density at radius 2 is 1.21 bits per heavy atom. The lowest BCUT2D eigenvalue weighted by atomic mass is 10.2. The first-order valence-electron chi connectivity index (χ1n) is 4.97. The van der Waals surface area contributed by atoms with Gasteiger partial charge in [-0.3, -0.25) is 0 Å². The van der Waals surface area contributed by atoms with Crippen molar-refractivity contribution in [3.05, 3.63) is 58.5 Å². The molecule has 1 nitrogen and oxygen atoms in total. The first kappa shape index (κ1) is 18.3. The van der Waals surface area contributed by atoms with E-state index in [1.165, 1.54) is 5.56 Å². The monoisotopic (exact) mass is 639 g/mol. The normalized spacial score (nSPS) is 10.2. The van der Waals surface area contributed by atoms with E-state index in [2.05, 4.69) is 96.3 Å². The second-order valence-corrected chi connectivity index (χ2v) is 7.48. The van der Waals surface area contributed by atoms with Crippen LogP contribution in [0.15, 0.2) is 53.0 Å². The minimum absolute atomic E-state index is 0. The minimum Gasteiger partial charge on any atom is -1.00 e. The second-order valence-electron chi connectivity index (χ2n) is 3.60. The molecule has 102 valence electrons. The highest BCUT2D eigenvalue weighted by Gasteiger charge is 2.24. The molecule has 0 spiro atoms. The van der Waals surface area contributed by atoms with Gasteiger partial charge in [-0.25, -0.2) is 0 Å². The van der Waals surface area contributed by atoms with Crippen molar-refractivity contribution < 1.29 is 21.5 Å². The fraction of sp³-hybridized carbons (Fsp3) is 0.0833. The molecule has 0 saturated carbocycles. The van der Waals surface area contributed by atoms with Gasteiger partial charge in [-0.05, 0) is 47.8 Å². The van der Waals surface area contributed by atoms with Gasteiger partial charge in [-0.1, -0.05) is 30.3 Å². The van der Waals surface area contributed by atoms with Crippen LogP contribution in [0.2, 0.25) is 0 Å². The predicted molar refractivity (Wildman–Crippen MR) is 90.7 cm³/mol. The van der Waals surface area contributed by atoms with Crippen molar-refractivity contribution in [1.29, 1.82) is 0 Å². The summed E-state index contributed by atoms with van der Waals surface area (Å²) in [7, 11) is 0. The molecule has 0 radical (unpaired) electrons. The van der Waals surface area contributed by atoms with Gasteiger partial charge in [0.15, 0.2) is 6.54 Å². The molecule has 0 fully saturated rings. The number of hydrogen-bond acceptors (Lipinski definition) is 0. The second kappa shape index (κ2) is 8.03. The van der Waals surface area contributed by atoms with Crippen molar-refractivity contribution in [3.8, 4) is 0 Å². The molecule has 0 amide bonds. The van der Waals surface area contributed by atoms with Crippen LogP contribution in [0, 0.1) is 0 Å². The van der Waals surface area contributed by atoms with Crippen molar-refractivity contribution in [1.82, 2.24) is 0 Å². The van der Waals surface area contributed by atoms with Gasteiger partial charge in [-0.2, -0.15) is 4.57 Å². The SMILES string of the molecule is Brc1c(Br)c(Br)[n+](Cc2ccccc2)c(Br)c1Br.[Br-]. The van der Waals surface area contributed by atoms with E-state index >= 15 is 0 Å². The molecule has 1 aromatic carbocycles. The molecule has 0 N–H and O–H groups in total. The summed E-state index contributed by atoms with van der Waals surface area (Å²) >= 11 is 17.9. The van der Waals surface area contributed by atoms with Crippen LogP contribution in [-0.4, -0.2) is 0 Å². The first-order chi connectivity index (χ1) is 8.52. The van der Waals surface area contributed by atoms with E-state index in [0.717, 1.165) is 29.2 Å².